The number of benzene rings is 1. The number of halogens is 2. The third-order valence-electron chi connectivity index (χ3n) is 5.71. The molecule has 1 aliphatic heterocycles. The minimum atomic E-state index is -0.918. The number of hydrogen-bond acceptors (Lipinski definition) is 3. The zero-order valence-electron chi connectivity index (χ0n) is 16.0. The normalized spacial score (nSPS) is 23.9. The van der Waals surface area contributed by atoms with Gasteiger partial charge in [-0.05, 0) is 49.9 Å². The average Bonchev–Trinajstić information content (AvgIpc) is 3.37. The van der Waals surface area contributed by atoms with Crippen molar-refractivity contribution >= 4 is 11.8 Å². The molecule has 7 heteroatoms. The lowest BCUT2D eigenvalue weighted by Gasteiger charge is -2.20. The third-order valence-corrected chi connectivity index (χ3v) is 5.71. The molecule has 1 aromatic heterocycles. The minimum Gasteiger partial charge on any atom is -0.349 e. The molecule has 1 aliphatic carbocycles. The van der Waals surface area contributed by atoms with Crippen molar-refractivity contribution in [2.75, 3.05) is 13.1 Å². The molecule has 2 aromatic rings. The van der Waals surface area contributed by atoms with Crippen LogP contribution in [0.1, 0.15) is 36.0 Å². The number of amides is 2. The summed E-state index contributed by atoms with van der Waals surface area (Å²) in [4.78, 5) is 30.9. The van der Waals surface area contributed by atoms with Gasteiger partial charge < -0.3 is 10.2 Å². The Balaban J connectivity index is 1.33. The van der Waals surface area contributed by atoms with Crippen molar-refractivity contribution in [2.24, 2.45) is 5.92 Å². The van der Waals surface area contributed by atoms with Gasteiger partial charge in [-0.2, -0.15) is 0 Å². The van der Waals surface area contributed by atoms with Crippen molar-refractivity contribution in [3.05, 3.63) is 54.0 Å². The van der Waals surface area contributed by atoms with Crippen molar-refractivity contribution in [3.63, 3.8) is 0 Å². The largest absolute Gasteiger partial charge is 0.349 e. The van der Waals surface area contributed by atoms with Gasteiger partial charge in [0.15, 0.2) is 0 Å². The second-order valence-electron chi connectivity index (χ2n) is 7.79. The molecular weight excluding hydrogens is 376 g/mol. The van der Waals surface area contributed by atoms with E-state index in [9.17, 15) is 18.4 Å². The SMILES string of the molecule is O=C(N[C@H]1CC[C@@H](C(=O)N2CC[C@@H](F)C2)C1)c1ccc(-c2cccc(F)c2)nc1. The van der Waals surface area contributed by atoms with Gasteiger partial charge in [-0.3, -0.25) is 14.6 Å². The molecule has 4 rings (SSSR count). The van der Waals surface area contributed by atoms with Crippen LogP contribution in [-0.2, 0) is 4.79 Å². The molecule has 3 atom stereocenters. The number of alkyl halides is 1. The van der Waals surface area contributed by atoms with Crippen LogP contribution in [0.25, 0.3) is 11.3 Å². The fraction of sp³-hybridized carbons (Fsp3) is 0.409. The van der Waals surface area contributed by atoms with Crippen LogP contribution in [0, 0.1) is 11.7 Å². The molecule has 1 N–H and O–H groups in total. The molecule has 0 unspecified atom stereocenters. The Labute approximate surface area is 168 Å². The van der Waals surface area contributed by atoms with Crippen molar-refractivity contribution in [1.29, 1.82) is 0 Å². The van der Waals surface area contributed by atoms with Crippen molar-refractivity contribution in [1.82, 2.24) is 15.2 Å². The summed E-state index contributed by atoms with van der Waals surface area (Å²) in [5.41, 5.74) is 1.65. The summed E-state index contributed by atoms with van der Waals surface area (Å²) < 4.78 is 26.7. The Hall–Kier alpha value is -2.83. The molecular formula is C22H23F2N3O2. The first-order chi connectivity index (χ1) is 14.0. The molecule has 152 valence electrons. The van der Waals surface area contributed by atoms with Crippen molar-refractivity contribution in [2.45, 2.75) is 37.9 Å². The van der Waals surface area contributed by atoms with E-state index in [0.717, 1.165) is 6.42 Å². The van der Waals surface area contributed by atoms with E-state index in [1.807, 2.05) is 0 Å². The Bertz CT molecular complexity index is 903. The third kappa shape index (κ3) is 4.44. The van der Waals surface area contributed by atoms with Gasteiger partial charge in [-0.15, -0.1) is 0 Å². The Morgan fingerprint density at radius 1 is 1.14 bits per heavy atom. The van der Waals surface area contributed by atoms with E-state index in [4.69, 9.17) is 0 Å². The summed E-state index contributed by atoms with van der Waals surface area (Å²) in [5, 5.41) is 2.96. The van der Waals surface area contributed by atoms with Crippen LogP contribution < -0.4 is 5.32 Å². The van der Waals surface area contributed by atoms with Crippen LogP contribution in [0.2, 0.25) is 0 Å². The first-order valence-corrected chi connectivity index (χ1v) is 9.95. The summed E-state index contributed by atoms with van der Waals surface area (Å²) in [7, 11) is 0. The molecule has 0 bridgehead atoms. The highest BCUT2D eigenvalue weighted by Crippen LogP contribution is 2.29. The number of aromatic nitrogens is 1. The van der Waals surface area contributed by atoms with Crippen LogP contribution in [0.15, 0.2) is 42.6 Å². The second-order valence-corrected chi connectivity index (χ2v) is 7.79. The highest BCUT2D eigenvalue weighted by Gasteiger charge is 2.36. The van der Waals surface area contributed by atoms with E-state index in [-0.39, 0.29) is 36.1 Å². The standard InChI is InChI=1S/C22H23F2N3O2/c23-17-3-1-2-14(10-17)20-7-5-16(12-25-20)21(28)26-19-6-4-15(11-19)22(29)27-9-8-18(24)13-27/h1-3,5,7,10,12,15,18-19H,4,6,8-9,11,13H2,(H,26,28)/t15-,18-,19+/m1/s1. The molecule has 2 amide bonds. The van der Waals surface area contributed by atoms with E-state index < -0.39 is 6.17 Å². The fourth-order valence-corrected chi connectivity index (χ4v) is 4.13. The van der Waals surface area contributed by atoms with Crippen LogP contribution in [0.3, 0.4) is 0 Å². The number of nitrogens with zero attached hydrogens (tertiary/aromatic N) is 2. The first-order valence-electron chi connectivity index (χ1n) is 9.95. The van der Waals surface area contributed by atoms with Crippen LogP contribution >= 0.6 is 0 Å². The number of carbonyl (C=O) groups excluding carboxylic acids is 2. The monoisotopic (exact) mass is 399 g/mol. The maximum absolute atomic E-state index is 13.4. The predicted molar refractivity (Wildman–Crippen MR) is 104 cm³/mol. The van der Waals surface area contributed by atoms with Gasteiger partial charge in [0.1, 0.15) is 12.0 Å². The van der Waals surface area contributed by atoms with Crippen LogP contribution in [-0.4, -0.2) is 47.0 Å². The van der Waals surface area contributed by atoms with E-state index in [1.54, 1.807) is 29.2 Å². The molecule has 1 saturated heterocycles. The van der Waals surface area contributed by atoms with Crippen molar-refractivity contribution < 1.29 is 18.4 Å². The molecule has 2 aliphatic rings. The van der Waals surface area contributed by atoms with Crippen molar-refractivity contribution in [3.8, 4) is 11.3 Å². The van der Waals surface area contributed by atoms with Gasteiger partial charge in [0.05, 0.1) is 17.8 Å². The van der Waals surface area contributed by atoms with E-state index in [0.29, 0.717) is 42.6 Å². The van der Waals surface area contributed by atoms with E-state index in [2.05, 4.69) is 10.3 Å². The van der Waals surface area contributed by atoms with Crippen LogP contribution in [0.4, 0.5) is 8.78 Å². The van der Waals surface area contributed by atoms with Gasteiger partial charge in [0.2, 0.25) is 5.91 Å². The number of rotatable bonds is 4. The summed E-state index contributed by atoms with van der Waals surface area (Å²) in [6.45, 7) is 0.673. The Kier molecular flexibility index (Phi) is 5.56. The summed E-state index contributed by atoms with van der Waals surface area (Å²) in [6.07, 6.45) is 2.97. The van der Waals surface area contributed by atoms with Crippen LogP contribution in [0.5, 0.6) is 0 Å². The molecule has 0 radical (unpaired) electrons. The lowest BCUT2D eigenvalue weighted by Crippen LogP contribution is -2.36. The second kappa shape index (κ2) is 8.27. The molecule has 1 aromatic carbocycles. The van der Waals surface area contributed by atoms with Gasteiger partial charge in [0.25, 0.3) is 5.91 Å². The molecule has 5 nitrogen and oxygen atoms in total. The topological polar surface area (TPSA) is 62.3 Å². The first kappa shape index (κ1) is 19.5. The lowest BCUT2D eigenvalue weighted by molar-refractivity contribution is -0.134. The van der Waals surface area contributed by atoms with E-state index >= 15 is 0 Å². The smallest absolute Gasteiger partial charge is 0.253 e. The molecule has 0 spiro atoms. The molecule has 2 heterocycles. The Morgan fingerprint density at radius 3 is 2.69 bits per heavy atom. The molecule has 1 saturated carbocycles. The highest BCUT2D eigenvalue weighted by atomic mass is 19.1. The Morgan fingerprint density at radius 2 is 2.00 bits per heavy atom. The highest BCUT2D eigenvalue weighted by molar-refractivity contribution is 5.94. The van der Waals surface area contributed by atoms with Gasteiger partial charge in [0, 0.05) is 30.3 Å². The lowest BCUT2D eigenvalue weighted by atomic mass is 10.1. The van der Waals surface area contributed by atoms with Gasteiger partial charge >= 0.3 is 0 Å². The maximum atomic E-state index is 13.4. The minimum absolute atomic E-state index is 0.00279. The number of carbonyl (C=O) groups is 2. The number of nitrogens with one attached hydrogen (secondary N) is 1. The fourth-order valence-electron chi connectivity index (χ4n) is 4.13. The summed E-state index contributed by atoms with van der Waals surface area (Å²) in [6, 6.07) is 9.39. The van der Waals surface area contributed by atoms with Gasteiger partial charge in [-0.25, -0.2) is 8.78 Å². The average molecular weight is 399 g/mol. The summed E-state index contributed by atoms with van der Waals surface area (Å²) in [5.74, 6) is -0.735. The zero-order chi connectivity index (χ0) is 20.4. The van der Waals surface area contributed by atoms with Gasteiger partial charge in [-0.1, -0.05) is 12.1 Å². The quantitative estimate of drug-likeness (QED) is 0.858. The molecule has 2 fully saturated rings. The number of pyridine rings is 1. The summed E-state index contributed by atoms with van der Waals surface area (Å²) >= 11 is 0. The van der Waals surface area contributed by atoms with E-state index in [1.165, 1.54) is 18.3 Å². The maximum Gasteiger partial charge on any atom is 0.253 e. The number of likely N-dealkylation sites (tertiary alicyclic amines) is 1. The zero-order valence-corrected chi connectivity index (χ0v) is 16.0. The molecule has 29 heavy (non-hydrogen) atoms. The number of hydrogen-bond donors (Lipinski definition) is 1. The predicted octanol–water partition coefficient (Wildman–Crippen LogP) is 3.36.